The molecule has 1 N–H and O–H groups in total. The summed E-state index contributed by atoms with van der Waals surface area (Å²) in [5.74, 6) is -2.99. The van der Waals surface area contributed by atoms with Crippen molar-refractivity contribution in [1.82, 2.24) is 0 Å². The van der Waals surface area contributed by atoms with Gasteiger partial charge in [-0.1, -0.05) is 30.3 Å². The smallest absolute Gasteiger partial charge is 0.338 e. The van der Waals surface area contributed by atoms with E-state index in [4.69, 9.17) is 4.74 Å². The van der Waals surface area contributed by atoms with Crippen LogP contribution in [-0.4, -0.2) is 30.3 Å². The molecule has 0 saturated heterocycles. The van der Waals surface area contributed by atoms with Gasteiger partial charge in [0.05, 0.1) is 16.9 Å². The molecule has 0 bridgehead atoms. The Balaban J connectivity index is 1.28. The number of halogens is 1. The molecule has 3 amide bonds. The Morgan fingerprint density at radius 2 is 1.53 bits per heavy atom. The summed E-state index contributed by atoms with van der Waals surface area (Å²) < 4.78 is 18.9. The van der Waals surface area contributed by atoms with E-state index in [-0.39, 0.29) is 11.3 Å². The number of esters is 1. The Labute approximate surface area is 205 Å². The summed E-state index contributed by atoms with van der Waals surface area (Å²) in [5.41, 5.74) is 1.94. The lowest BCUT2D eigenvalue weighted by Crippen LogP contribution is -2.40. The SMILES string of the molecule is Cc1ccc(NC(=O)COC(=O)c2ccc(N3C(=O)c4cccc5cccc(c45)C3=O)cc2)c(F)c1. The molecule has 5 rings (SSSR count). The van der Waals surface area contributed by atoms with Crippen LogP contribution in [0.15, 0.2) is 78.9 Å². The molecule has 1 heterocycles. The van der Waals surface area contributed by atoms with Crippen molar-refractivity contribution in [3.8, 4) is 0 Å². The number of nitrogens with one attached hydrogen (secondary N) is 1. The molecule has 178 valence electrons. The summed E-state index contributed by atoms with van der Waals surface area (Å²) in [6, 6.07) is 20.6. The monoisotopic (exact) mass is 482 g/mol. The van der Waals surface area contributed by atoms with Crippen molar-refractivity contribution in [1.29, 1.82) is 0 Å². The van der Waals surface area contributed by atoms with Crippen LogP contribution >= 0.6 is 0 Å². The molecule has 0 radical (unpaired) electrons. The van der Waals surface area contributed by atoms with Gasteiger partial charge < -0.3 is 10.1 Å². The molecule has 1 aliphatic heterocycles. The van der Waals surface area contributed by atoms with E-state index in [1.165, 1.54) is 36.4 Å². The van der Waals surface area contributed by atoms with Gasteiger partial charge in [-0.05, 0) is 66.4 Å². The topological polar surface area (TPSA) is 92.8 Å². The van der Waals surface area contributed by atoms with Crippen LogP contribution in [0.25, 0.3) is 10.8 Å². The number of rotatable bonds is 5. The van der Waals surface area contributed by atoms with E-state index in [9.17, 15) is 23.6 Å². The van der Waals surface area contributed by atoms with E-state index in [2.05, 4.69) is 5.32 Å². The van der Waals surface area contributed by atoms with Crippen molar-refractivity contribution in [3.05, 3.63) is 107 Å². The quantitative estimate of drug-likeness (QED) is 0.323. The molecule has 4 aromatic rings. The number of nitrogens with zero attached hydrogens (tertiary/aromatic N) is 1. The third-order valence-corrected chi connectivity index (χ3v) is 5.87. The number of imide groups is 1. The van der Waals surface area contributed by atoms with Crippen LogP contribution in [0.2, 0.25) is 0 Å². The van der Waals surface area contributed by atoms with Gasteiger partial charge in [0.15, 0.2) is 6.61 Å². The minimum absolute atomic E-state index is 0.0147. The predicted octanol–water partition coefficient (Wildman–Crippen LogP) is 4.88. The van der Waals surface area contributed by atoms with Crippen LogP contribution in [-0.2, 0) is 9.53 Å². The fraction of sp³-hybridized carbons (Fsp3) is 0.0714. The molecule has 4 aromatic carbocycles. The van der Waals surface area contributed by atoms with Crippen LogP contribution in [0.5, 0.6) is 0 Å². The minimum atomic E-state index is -0.785. The zero-order valence-corrected chi connectivity index (χ0v) is 19.1. The Morgan fingerprint density at radius 1 is 0.889 bits per heavy atom. The number of amides is 3. The highest BCUT2D eigenvalue weighted by Gasteiger charge is 2.33. The summed E-state index contributed by atoms with van der Waals surface area (Å²) in [4.78, 5) is 51.8. The first-order valence-corrected chi connectivity index (χ1v) is 11.1. The molecule has 0 fully saturated rings. The van der Waals surface area contributed by atoms with Gasteiger partial charge in [-0.15, -0.1) is 0 Å². The Bertz CT molecular complexity index is 1510. The van der Waals surface area contributed by atoms with Crippen LogP contribution in [0.4, 0.5) is 15.8 Å². The van der Waals surface area contributed by atoms with Crippen LogP contribution in [0.3, 0.4) is 0 Å². The molecule has 36 heavy (non-hydrogen) atoms. The molecule has 0 spiro atoms. The van der Waals surface area contributed by atoms with Gasteiger partial charge in [-0.2, -0.15) is 0 Å². The second-order valence-corrected chi connectivity index (χ2v) is 8.31. The zero-order chi connectivity index (χ0) is 25.4. The van der Waals surface area contributed by atoms with Gasteiger partial charge >= 0.3 is 5.97 Å². The standard InChI is InChI=1S/C28H19FN2O5/c1-16-8-13-23(22(29)14-16)30-24(32)15-36-28(35)18-9-11-19(12-10-18)31-26(33)20-6-2-4-17-5-3-7-21(25(17)20)27(31)34/h2-14H,15H2,1H3,(H,30,32). The maximum atomic E-state index is 13.9. The molecule has 0 aliphatic carbocycles. The molecule has 1 aliphatic rings. The van der Waals surface area contributed by atoms with E-state index in [0.717, 1.165) is 10.3 Å². The number of ether oxygens (including phenoxy) is 1. The van der Waals surface area contributed by atoms with E-state index >= 15 is 0 Å². The number of hydrogen-bond donors (Lipinski definition) is 1. The van der Waals surface area contributed by atoms with Crippen molar-refractivity contribution in [2.45, 2.75) is 6.92 Å². The summed E-state index contributed by atoms with van der Waals surface area (Å²) in [5, 5.41) is 3.77. The second kappa shape index (κ2) is 9.07. The van der Waals surface area contributed by atoms with Gasteiger partial charge in [0.1, 0.15) is 5.82 Å². The first-order valence-electron chi connectivity index (χ1n) is 11.1. The lowest BCUT2D eigenvalue weighted by atomic mass is 9.94. The molecule has 0 unspecified atom stereocenters. The van der Waals surface area contributed by atoms with Gasteiger partial charge in [0, 0.05) is 16.5 Å². The number of anilines is 2. The van der Waals surface area contributed by atoms with Gasteiger partial charge in [0.25, 0.3) is 17.7 Å². The Hall–Kier alpha value is -4.85. The van der Waals surface area contributed by atoms with Gasteiger partial charge in [0.2, 0.25) is 0 Å². The fourth-order valence-electron chi connectivity index (χ4n) is 4.13. The lowest BCUT2D eigenvalue weighted by molar-refractivity contribution is -0.119. The Morgan fingerprint density at radius 3 is 2.14 bits per heavy atom. The summed E-state index contributed by atoms with van der Waals surface area (Å²) in [6.07, 6.45) is 0. The number of aryl methyl sites for hydroxylation is 1. The summed E-state index contributed by atoms with van der Waals surface area (Å²) in [7, 11) is 0. The zero-order valence-electron chi connectivity index (χ0n) is 19.1. The van der Waals surface area contributed by atoms with Crippen LogP contribution < -0.4 is 10.2 Å². The molecular weight excluding hydrogens is 463 g/mol. The lowest BCUT2D eigenvalue weighted by Gasteiger charge is -2.27. The molecule has 0 atom stereocenters. The predicted molar refractivity (Wildman–Crippen MR) is 132 cm³/mol. The second-order valence-electron chi connectivity index (χ2n) is 8.31. The average molecular weight is 482 g/mol. The van der Waals surface area contributed by atoms with E-state index in [1.54, 1.807) is 37.3 Å². The third-order valence-electron chi connectivity index (χ3n) is 5.87. The largest absolute Gasteiger partial charge is 0.452 e. The maximum absolute atomic E-state index is 13.9. The molecule has 7 nitrogen and oxygen atoms in total. The Kier molecular flexibility index (Phi) is 5.77. The number of benzene rings is 4. The van der Waals surface area contributed by atoms with Crippen molar-refractivity contribution in [2.75, 3.05) is 16.8 Å². The summed E-state index contributed by atoms with van der Waals surface area (Å²) in [6.45, 7) is 1.11. The number of carbonyl (C=O) groups excluding carboxylic acids is 4. The van der Waals surface area contributed by atoms with E-state index < -0.39 is 36.1 Å². The summed E-state index contributed by atoms with van der Waals surface area (Å²) >= 11 is 0. The van der Waals surface area contributed by atoms with Crippen molar-refractivity contribution >= 4 is 45.8 Å². The van der Waals surface area contributed by atoms with E-state index in [0.29, 0.717) is 27.8 Å². The highest BCUT2D eigenvalue weighted by molar-refractivity contribution is 6.35. The maximum Gasteiger partial charge on any atom is 0.338 e. The number of carbonyl (C=O) groups is 4. The average Bonchev–Trinajstić information content (AvgIpc) is 2.88. The molecule has 8 heteroatoms. The molecule has 0 saturated carbocycles. The van der Waals surface area contributed by atoms with Crippen LogP contribution in [0.1, 0.15) is 36.6 Å². The highest BCUT2D eigenvalue weighted by atomic mass is 19.1. The van der Waals surface area contributed by atoms with Crippen molar-refractivity contribution < 1.29 is 28.3 Å². The van der Waals surface area contributed by atoms with E-state index in [1.807, 2.05) is 12.1 Å². The first kappa shape index (κ1) is 22.9. The molecule has 0 aromatic heterocycles. The van der Waals surface area contributed by atoms with Gasteiger partial charge in [-0.25, -0.2) is 14.1 Å². The molecular formula is C28H19FN2O5. The fourth-order valence-corrected chi connectivity index (χ4v) is 4.13. The van der Waals surface area contributed by atoms with Crippen molar-refractivity contribution in [3.63, 3.8) is 0 Å². The number of hydrogen-bond acceptors (Lipinski definition) is 5. The third kappa shape index (κ3) is 4.09. The van der Waals surface area contributed by atoms with Gasteiger partial charge in [-0.3, -0.25) is 14.4 Å². The van der Waals surface area contributed by atoms with Crippen LogP contribution in [0, 0.1) is 12.7 Å². The van der Waals surface area contributed by atoms with Crippen molar-refractivity contribution in [2.24, 2.45) is 0 Å². The highest BCUT2D eigenvalue weighted by Crippen LogP contribution is 2.32. The first-order chi connectivity index (χ1) is 17.3. The minimum Gasteiger partial charge on any atom is -0.452 e. The normalized spacial score (nSPS) is 12.6.